The van der Waals surface area contributed by atoms with E-state index in [1.54, 1.807) is 0 Å². The molecule has 0 bridgehead atoms. The first-order chi connectivity index (χ1) is 26.8. The minimum Gasteiger partial charge on any atom is -0.452 e. The van der Waals surface area contributed by atoms with Gasteiger partial charge in [-0.25, -0.2) is 0 Å². The van der Waals surface area contributed by atoms with E-state index < -0.39 is 0 Å². The van der Waals surface area contributed by atoms with Crippen LogP contribution in [0.1, 0.15) is 11.3 Å². The second kappa shape index (κ2) is 10.9. The van der Waals surface area contributed by atoms with Crippen LogP contribution in [0.15, 0.2) is 172 Å². The molecule has 0 aliphatic rings. The average Bonchev–Trinajstić information content (AvgIpc) is 3.96. The van der Waals surface area contributed by atoms with E-state index in [9.17, 15) is 0 Å². The standard InChI is InChI=1S/C49H30N4O/c1-50-46-37-17-6-9-23-44(37)54-49(46)47(33-18-10-13-29-12-2-3-14-31(29)33)51-28-52-40-21-7-5-16-36(40)45-38-27-39-35-20-11-19-34-32-15-4-8-22-41(32)53(48(34)35)43(39)26-30(38)24-25-42(45)52/h2-27H,1,28H2/b51-47-. The van der Waals surface area contributed by atoms with Crippen molar-refractivity contribution < 1.29 is 4.42 Å². The van der Waals surface area contributed by atoms with E-state index in [1.165, 1.54) is 59.6 Å². The monoisotopic (exact) mass is 690 g/mol. The Labute approximate surface area is 308 Å². The van der Waals surface area contributed by atoms with Crippen molar-refractivity contribution in [2.75, 3.05) is 0 Å². The molecule has 0 saturated carbocycles. The van der Waals surface area contributed by atoms with Gasteiger partial charge in [-0.3, -0.25) is 9.98 Å². The van der Waals surface area contributed by atoms with Gasteiger partial charge in [0, 0.05) is 43.3 Å². The summed E-state index contributed by atoms with van der Waals surface area (Å²) in [6.45, 7) is 4.34. The normalized spacial score (nSPS) is 12.7. The van der Waals surface area contributed by atoms with Gasteiger partial charge in [-0.15, -0.1) is 0 Å². The first-order valence-electron chi connectivity index (χ1n) is 18.3. The Kier molecular flexibility index (Phi) is 5.92. The van der Waals surface area contributed by atoms with Crippen LogP contribution in [0.25, 0.3) is 92.4 Å². The Morgan fingerprint density at radius 1 is 0.519 bits per heavy atom. The molecule has 4 aromatic heterocycles. The SMILES string of the molecule is C=Nc1c(/C(=N\Cn2c3ccccc3c3c4cc5c6cccc7c8ccccc8n(c5cc4ccc32)c76)c2cccc3ccccc23)oc2ccccc12. The zero-order valence-electron chi connectivity index (χ0n) is 29.1. The first kappa shape index (κ1) is 29.3. The molecule has 0 atom stereocenters. The van der Waals surface area contributed by atoms with Crippen LogP contribution in [0.2, 0.25) is 0 Å². The van der Waals surface area contributed by atoms with Crippen molar-refractivity contribution in [1.82, 2.24) is 8.97 Å². The average molecular weight is 691 g/mol. The number of hydrogen-bond acceptors (Lipinski definition) is 3. The Balaban J connectivity index is 1.12. The van der Waals surface area contributed by atoms with E-state index in [2.05, 4.69) is 154 Å². The van der Waals surface area contributed by atoms with Crippen molar-refractivity contribution in [3.8, 4) is 0 Å². The first-order valence-corrected chi connectivity index (χ1v) is 18.3. The third-order valence-corrected chi connectivity index (χ3v) is 11.5. The summed E-state index contributed by atoms with van der Waals surface area (Å²) in [4.78, 5) is 9.97. The van der Waals surface area contributed by atoms with Gasteiger partial charge in [0.2, 0.25) is 0 Å². The van der Waals surface area contributed by atoms with Gasteiger partial charge >= 0.3 is 0 Å². The fourth-order valence-corrected chi connectivity index (χ4v) is 9.15. The summed E-state index contributed by atoms with van der Waals surface area (Å²) >= 11 is 0. The predicted octanol–water partition coefficient (Wildman–Crippen LogP) is 12.8. The number of nitrogens with zero attached hydrogens (tertiary/aromatic N) is 4. The summed E-state index contributed by atoms with van der Waals surface area (Å²) in [5, 5.41) is 13.2. The molecule has 0 spiro atoms. The Morgan fingerprint density at radius 2 is 1.20 bits per heavy atom. The van der Waals surface area contributed by atoms with Crippen molar-refractivity contribution in [1.29, 1.82) is 0 Å². The topological polar surface area (TPSA) is 47.2 Å². The van der Waals surface area contributed by atoms with E-state index in [0.29, 0.717) is 18.1 Å². The highest BCUT2D eigenvalue weighted by molar-refractivity contribution is 6.28. The summed E-state index contributed by atoms with van der Waals surface area (Å²) in [7, 11) is 0. The van der Waals surface area contributed by atoms with E-state index in [0.717, 1.165) is 44.1 Å². The van der Waals surface area contributed by atoms with Crippen LogP contribution >= 0.6 is 0 Å². The fraction of sp³-hybridized carbons (Fsp3) is 0.0204. The molecule has 0 saturated heterocycles. The number of benzene rings is 8. The maximum atomic E-state index is 6.60. The lowest BCUT2D eigenvalue weighted by molar-refractivity contribution is 0.604. The lowest BCUT2D eigenvalue weighted by Crippen LogP contribution is -2.07. The molecule has 0 unspecified atom stereocenters. The second-order valence-corrected chi connectivity index (χ2v) is 14.2. The van der Waals surface area contributed by atoms with Crippen LogP contribution in [0.5, 0.6) is 0 Å². The van der Waals surface area contributed by atoms with Crippen LogP contribution in [-0.4, -0.2) is 21.4 Å². The number of para-hydroxylation sites is 4. The molecule has 252 valence electrons. The zero-order chi connectivity index (χ0) is 35.5. The number of aromatic nitrogens is 2. The third-order valence-electron chi connectivity index (χ3n) is 11.5. The molecule has 0 aliphatic carbocycles. The largest absolute Gasteiger partial charge is 0.452 e. The van der Waals surface area contributed by atoms with Gasteiger partial charge in [-0.2, -0.15) is 0 Å². The summed E-state index contributed by atoms with van der Waals surface area (Å²) in [6.07, 6.45) is 0. The predicted molar refractivity (Wildman–Crippen MR) is 227 cm³/mol. The lowest BCUT2D eigenvalue weighted by atomic mass is 9.99. The number of furan rings is 1. The van der Waals surface area contributed by atoms with Gasteiger partial charge in [0.05, 0.1) is 27.6 Å². The molecular weight excluding hydrogens is 661 g/mol. The molecule has 4 heterocycles. The van der Waals surface area contributed by atoms with Crippen molar-refractivity contribution in [3.05, 3.63) is 169 Å². The smallest absolute Gasteiger partial charge is 0.179 e. The summed E-state index contributed by atoms with van der Waals surface area (Å²) in [6, 6.07) is 56.3. The number of fused-ring (bicyclic) bond motifs is 13. The highest BCUT2D eigenvalue weighted by Crippen LogP contribution is 2.43. The van der Waals surface area contributed by atoms with Gasteiger partial charge in [0.25, 0.3) is 0 Å². The maximum absolute atomic E-state index is 6.60. The number of aliphatic imine (C=N–C) groups is 2. The quantitative estimate of drug-likeness (QED) is 0.166. The van der Waals surface area contributed by atoms with Gasteiger partial charge < -0.3 is 13.4 Å². The van der Waals surface area contributed by atoms with E-state index in [-0.39, 0.29) is 0 Å². The summed E-state index contributed by atoms with van der Waals surface area (Å²) in [5.41, 5.74) is 9.24. The van der Waals surface area contributed by atoms with Crippen molar-refractivity contribution in [2.45, 2.75) is 6.67 Å². The highest BCUT2D eigenvalue weighted by atomic mass is 16.3. The zero-order valence-corrected chi connectivity index (χ0v) is 29.1. The third kappa shape index (κ3) is 3.87. The fourth-order valence-electron chi connectivity index (χ4n) is 9.15. The number of rotatable bonds is 5. The van der Waals surface area contributed by atoms with Gasteiger partial charge in [-0.1, -0.05) is 115 Å². The molecule has 0 N–H and O–H groups in total. The lowest BCUT2D eigenvalue weighted by Gasteiger charge is -2.11. The molecule has 5 nitrogen and oxygen atoms in total. The number of hydrogen-bond donors (Lipinski definition) is 0. The Bertz CT molecular complexity index is 3550. The van der Waals surface area contributed by atoms with E-state index >= 15 is 0 Å². The molecular formula is C49H30N4O. The molecule has 0 fully saturated rings. The van der Waals surface area contributed by atoms with Gasteiger partial charge in [0.15, 0.2) is 5.76 Å². The second-order valence-electron chi connectivity index (χ2n) is 14.2. The van der Waals surface area contributed by atoms with Crippen LogP contribution in [0.4, 0.5) is 5.69 Å². The molecule has 12 rings (SSSR count). The van der Waals surface area contributed by atoms with Gasteiger partial charge in [-0.05, 0) is 70.7 Å². The molecule has 0 radical (unpaired) electrons. The minimum absolute atomic E-state index is 0.378. The Morgan fingerprint density at radius 3 is 2.07 bits per heavy atom. The van der Waals surface area contributed by atoms with Crippen molar-refractivity contribution >= 4 is 111 Å². The van der Waals surface area contributed by atoms with Crippen molar-refractivity contribution in [2.24, 2.45) is 9.98 Å². The maximum Gasteiger partial charge on any atom is 0.179 e. The van der Waals surface area contributed by atoms with Crippen LogP contribution < -0.4 is 0 Å². The highest BCUT2D eigenvalue weighted by Gasteiger charge is 2.23. The van der Waals surface area contributed by atoms with Crippen molar-refractivity contribution in [3.63, 3.8) is 0 Å². The van der Waals surface area contributed by atoms with E-state index in [4.69, 9.17) is 9.41 Å². The Hall–Kier alpha value is -7.24. The van der Waals surface area contributed by atoms with Gasteiger partial charge in [0.1, 0.15) is 23.7 Å². The van der Waals surface area contributed by atoms with Crippen LogP contribution in [-0.2, 0) is 6.67 Å². The van der Waals surface area contributed by atoms with E-state index in [1.807, 2.05) is 24.3 Å². The molecule has 8 aromatic carbocycles. The molecule has 0 aliphatic heterocycles. The molecule has 0 amide bonds. The summed E-state index contributed by atoms with van der Waals surface area (Å²) < 4.78 is 11.4. The summed E-state index contributed by atoms with van der Waals surface area (Å²) in [5.74, 6) is 0.620. The van der Waals surface area contributed by atoms with Crippen LogP contribution in [0.3, 0.4) is 0 Å². The minimum atomic E-state index is 0.378. The molecule has 12 aromatic rings. The molecule has 54 heavy (non-hydrogen) atoms. The molecule has 5 heteroatoms. The van der Waals surface area contributed by atoms with Crippen LogP contribution in [0, 0.1) is 0 Å².